The van der Waals surface area contributed by atoms with E-state index in [0.29, 0.717) is 67.3 Å². The number of carbonyl (C=O) groups excluding carboxylic acids is 4. The zero-order valence-electron chi connectivity index (χ0n) is 32.8. The Balaban J connectivity index is 1.73. The van der Waals surface area contributed by atoms with Crippen LogP contribution in [0.2, 0.25) is 0 Å². The van der Waals surface area contributed by atoms with Gasteiger partial charge in [0.1, 0.15) is 0 Å². The average molecular weight is 777 g/mol. The largest absolute Gasteiger partial charge is 0.462 e. The summed E-state index contributed by atoms with van der Waals surface area (Å²) in [6.45, 7) is 7.87. The normalized spacial score (nSPS) is 11.4. The first-order valence-electron chi connectivity index (χ1n) is 19.0. The molecule has 1 heterocycles. The summed E-state index contributed by atoms with van der Waals surface area (Å²) >= 11 is 0. The molecule has 0 aliphatic rings. The van der Waals surface area contributed by atoms with Crippen molar-refractivity contribution in [2.45, 2.75) is 27.7 Å². The number of hydrogen-bond donors (Lipinski definition) is 0. The number of nitrogens with zero attached hydrogens (tertiary/aromatic N) is 2. The van der Waals surface area contributed by atoms with E-state index in [0.717, 1.165) is 0 Å². The van der Waals surface area contributed by atoms with Gasteiger partial charge in [-0.3, -0.25) is 0 Å². The number of carbonyl (C=O) groups is 4. The summed E-state index contributed by atoms with van der Waals surface area (Å²) in [5, 5.41) is 0. The average Bonchev–Trinajstić information content (AvgIpc) is 3.24. The highest BCUT2D eigenvalue weighted by atomic mass is 16.5. The molecule has 58 heavy (non-hydrogen) atoms. The van der Waals surface area contributed by atoms with Crippen LogP contribution in [-0.2, 0) is 18.9 Å². The van der Waals surface area contributed by atoms with Crippen molar-refractivity contribution in [3.63, 3.8) is 0 Å². The number of hydrogen-bond acceptors (Lipinski definition) is 10. The van der Waals surface area contributed by atoms with Gasteiger partial charge in [-0.25, -0.2) is 29.1 Å². The third kappa shape index (κ3) is 11.0. The van der Waals surface area contributed by atoms with E-state index in [9.17, 15) is 19.2 Å². The van der Waals surface area contributed by atoms with Gasteiger partial charge in [0.05, 0.1) is 71.5 Å². The van der Waals surface area contributed by atoms with Crippen LogP contribution in [0.5, 0.6) is 0 Å². The Labute approximate surface area is 338 Å². The van der Waals surface area contributed by atoms with E-state index in [2.05, 4.69) is 0 Å². The molecule has 0 atom stereocenters. The Morgan fingerprint density at radius 2 is 0.569 bits per heavy atom. The topological polar surface area (TPSA) is 131 Å². The molecule has 10 heteroatoms. The van der Waals surface area contributed by atoms with Crippen molar-refractivity contribution >= 4 is 72.5 Å². The number of ether oxygens (including phenoxy) is 4. The van der Waals surface area contributed by atoms with Gasteiger partial charge in [-0.2, -0.15) is 0 Å². The summed E-state index contributed by atoms with van der Waals surface area (Å²) in [5.41, 5.74) is 5.61. The summed E-state index contributed by atoms with van der Waals surface area (Å²) < 4.78 is 21.2. The van der Waals surface area contributed by atoms with E-state index < -0.39 is 23.9 Å². The van der Waals surface area contributed by atoms with Crippen molar-refractivity contribution in [1.29, 1.82) is 0 Å². The maximum absolute atomic E-state index is 12.9. The molecule has 4 aromatic carbocycles. The molecule has 0 aliphatic heterocycles. The van der Waals surface area contributed by atoms with Gasteiger partial charge in [0, 0.05) is 0 Å². The van der Waals surface area contributed by atoms with Gasteiger partial charge < -0.3 is 18.9 Å². The minimum absolute atomic E-state index is 0.221. The molecule has 0 unspecified atom stereocenters. The van der Waals surface area contributed by atoms with Crippen molar-refractivity contribution in [2.75, 3.05) is 26.4 Å². The quantitative estimate of drug-likeness (QED) is 0.0705. The summed E-state index contributed by atoms with van der Waals surface area (Å²) in [5.74, 6) is -1.84. The van der Waals surface area contributed by atoms with E-state index in [1.54, 1.807) is 149 Å². The Kier molecular flexibility index (Phi) is 15.3. The maximum Gasteiger partial charge on any atom is 0.338 e. The minimum Gasteiger partial charge on any atom is -0.462 e. The summed E-state index contributed by atoms with van der Waals surface area (Å²) in [4.78, 5) is 61.5. The lowest BCUT2D eigenvalue weighted by Gasteiger charge is -2.10. The Morgan fingerprint density at radius 3 is 0.776 bits per heavy atom. The molecule has 0 saturated carbocycles. The molecule has 5 rings (SSSR count). The second-order valence-electron chi connectivity index (χ2n) is 12.3. The van der Waals surface area contributed by atoms with E-state index in [4.69, 9.17) is 28.9 Å². The van der Waals surface area contributed by atoms with Crippen LogP contribution in [0.1, 0.15) is 114 Å². The molecule has 0 N–H and O–H groups in total. The first kappa shape index (κ1) is 42.0. The van der Waals surface area contributed by atoms with E-state index in [1.807, 2.05) is 24.3 Å². The third-order valence-electron chi connectivity index (χ3n) is 8.51. The smallest absolute Gasteiger partial charge is 0.338 e. The van der Waals surface area contributed by atoms with Gasteiger partial charge in [-0.15, -0.1) is 0 Å². The zero-order chi connectivity index (χ0) is 41.3. The van der Waals surface area contributed by atoms with Gasteiger partial charge in [-0.1, -0.05) is 97.1 Å². The highest BCUT2D eigenvalue weighted by molar-refractivity contribution is 5.98. The summed E-state index contributed by atoms with van der Waals surface area (Å²) in [6.07, 6.45) is 14.0. The van der Waals surface area contributed by atoms with Crippen LogP contribution in [0.15, 0.2) is 97.1 Å². The van der Waals surface area contributed by atoms with E-state index in [-0.39, 0.29) is 26.4 Å². The van der Waals surface area contributed by atoms with Crippen molar-refractivity contribution in [3.8, 4) is 0 Å². The highest BCUT2D eigenvalue weighted by Crippen LogP contribution is 2.24. The van der Waals surface area contributed by atoms with Crippen molar-refractivity contribution in [1.82, 2.24) is 9.97 Å². The lowest BCUT2D eigenvalue weighted by atomic mass is 10.0. The zero-order valence-corrected chi connectivity index (χ0v) is 32.8. The second-order valence-corrected chi connectivity index (χ2v) is 12.3. The number of aromatic nitrogens is 2. The van der Waals surface area contributed by atoms with Crippen LogP contribution in [0.4, 0.5) is 0 Å². The Bertz CT molecular complexity index is 2060. The molecule has 0 fully saturated rings. The predicted octanol–water partition coefficient (Wildman–Crippen LogP) is 9.86. The second kappa shape index (κ2) is 21.2. The lowest BCUT2D eigenvalue weighted by molar-refractivity contribution is 0.0516. The molecule has 0 bridgehead atoms. The van der Waals surface area contributed by atoms with Crippen LogP contribution >= 0.6 is 0 Å². The van der Waals surface area contributed by atoms with Crippen LogP contribution in [-0.4, -0.2) is 60.3 Å². The molecule has 0 saturated heterocycles. The SMILES string of the molecule is CCOC(=O)c1ccccc1C=Cc1nc(C=Cc2ccccc2C(=O)OCC)c(C=Cc2ccccc2C(=O)OCC)nc1C=Cc1ccccc1C(=O)OCC. The standard InChI is InChI=1S/C48H44N2O8/c1-5-55-45(51)37-21-13-9-17-33(37)25-29-41-42(30-26-34-18-10-14-22-38(34)46(52)56-6-2)50-44(32-28-36-20-12-16-24-40(36)48(54)58-8-4)43(49-41)31-27-35-19-11-15-23-39(35)47(53)57-7-3/h9-32H,5-8H2,1-4H3. The molecule has 5 aromatic rings. The van der Waals surface area contributed by atoms with Gasteiger partial charge in [0.2, 0.25) is 0 Å². The number of benzene rings is 4. The maximum atomic E-state index is 12.9. The molecular formula is C48H44N2O8. The Hall–Kier alpha value is -7.20. The Morgan fingerprint density at radius 1 is 0.362 bits per heavy atom. The lowest BCUT2D eigenvalue weighted by Crippen LogP contribution is -2.07. The fraction of sp³-hybridized carbons (Fsp3) is 0.167. The molecule has 0 spiro atoms. The van der Waals surface area contributed by atoms with E-state index >= 15 is 0 Å². The predicted molar refractivity (Wildman–Crippen MR) is 227 cm³/mol. The van der Waals surface area contributed by atoms with Crippen LogP contribution in [0, 0.1) is 0 Å². The van der Waals surface area contributed by atoms with Crippen molar-refractivity contribution in [2.24, 2.45) is 0 Å². The molecule has 294 valence electrons. The molecule has 0 aliphatic carbocycles. The van der Waals surface area contributed by atoms with Crippen LogP contribution in [0.25, 0.3) is 48.6 Å². The summed E-state index contributed by atoms with van der Waals surface area (Å²) in [6, 6.07) is 28.3. The van der Waals surface area contributed by atoms with Gasteiger partial charge in [0.25, 0.3) is 0 Å². The molecule has 0 amide bonds. The minimum atomic E-state index is -0.461. The molecular weight excluding hydrogens is 733 g/mol. The monoisotopic (exact) mass is 776 g/mol. The van der Waals surface area contributed by atoms with E-state index in [1.165, 1.54) is 0 Å². The fourth-order valence-corrected chi connectivity index (χ4v) is 5.80. The molecule has 10 nitrogen and oxygen atoms in total. The first-order valence-corrected chi connectivity index (χ1v) is 19.0. The van der Waals surface area contributed by atoms with Gasteiger partial charge >= 0.3 is 23.9 Å². The fourth-order valence-electron chi connectivity index (χ4n) is 5.80. The highest BCUT2D eigenvalue weighted by Gasteiger charge is 2.16. The van der Waals surface area contributed by atoms with Crippen LogP contribution < -0.4 is 0 Å². The molecule has 1 aromatic heterocycles. The van der Waals surface area contributed by atoms with Crippen LogP contribution in [0.3, 0.4) is 0 Å². The van der Waals surface area contributed by atoms with Crippen molar-refractivity contribution in [3.05, 3.63) is 164 Å². The van der Waals surface area contributed by atoms with Gasteiger partial charge in [-0.05, 0) is 98.5 Å². The number of esters is 4. The third-order valence-corrected chi connectivity index (χ3v) is 8.51. The first-order chi connectivity index (χ1) is 28.3. The van der Waals surface area contributed by atoms with Gasteiger partial charge in [0.15, 0.2) is 0 Å². The molecule has 0 radical (unpaired) electrons. The van der Waals surface area contributed by atoms with Crippen molar-refractivity contribution < 1.29 is 38.1 Å². The summed E-state index contributed by atoms with van der Waals surface area (Å²) in [7, 11) is 0. The number of rotatable bonds is 16.